The van der Waals surface area contributed by atoms with Crippen LogP contribution in [0.15, 0.2) is 30.8 Å². The zero-order valence-corrected chi connectivity index (χ0v) is 16.2. The molecule has 2 heterocycles. The van der Waals surface area contributed by atoms with Gasteiger partial charge in [0.2, 0.25) is 0 Å². The number of ether oxygens (including phenoxy) is 1. The minimum Gasteiger partial charge on any atom is -0.464 e. The molecule has 0 radical (unpaired) electrons. The second-order valence-corrected chi connectivity index (χ2v) is 7.69. The van der Waals surface area contributed by atoms with E-state index < -0.39 is 24.3 Å². The smallest absolute Gasteiger partial charge is 0.464 e. The van der Waals surface area contributed by atoms with Crippen molar-refractivity contribution in [1.82, 2.24) is 4.98 Å². The summed E-state index contributed by atoms with van der Waals surface area (Å²) >= 11 is 0. The van der Waals surface area contributed by atoms with Crippen molar-refractivity contribution in [2.24, 2.45) is 0 Å². The van der Waals surface area contributed by atoms with E-state index in [2.05, 4.69) is 11.6 Å². The maximum absolute atomic E-state index is 11.9. The standard InChI is InChI=1S/C20H24BNO4/c1-12(2)14-11-17(18(23)24-7)22-16-9-8-13(10-15(14)16)21-25-19(3,4)20(5,6)26-21/h8-11H,1H2,2-7H3. The first-order chi connectivity index (χ1) is 12.1. The average molecular weight is 353 g/mol. The molecule has 1 aromatic carbocycles. The number of carbonyl (C=O) groups excluding carboxylic acids is 1. The normalized spacial score (nSPS) is 18.2. The Hall–Kier alpha value is -2.18. The number of hydrogen-bond donors (Lipinski definition) is 0. The van der Waals surface area contributed by atoms with Gasteiger partial charge in [-0.1, -0.05) is 24.3 Å². The van der Waals surface area contributed by atoms with Crippen LogP contribution in [-0.4, -0.2) is 36.4 Å². The minimum absolute atomic E-state index is 0.265. The van der Waals surface area contributed by atoms with Crippen molar-refractivity contribution in [3.8, 4) is 0 Å². The van der Waals surface area contributed by atoms with Gasteiger partial charge in [-0.15, -0.1) is 0 Å². The summed E-state index contributed by atoms with van der Waals surface area (Å²) < 4.78 is 17.1. The third-order valence-electron chi connectivity index (χ3n) is 5.21. The van der Waals surface area contributed by atoms with E-state index in [-0.39, 0.29) is 5.69 Å². The Labute approximate surface area is 154 Å². The zero-order valence-electron chi connectivity index (χ0n) is 16.2. The Kier molecular flexibility index (Phi) is 4.45. The molecule has 1 saturated heterocycles. The highest BCUT2D eigenvalue weighted by atomic mass is 16.7. The lowest BCUT2D eigenvalue weighted by atomic mass is 9.78. The summed E-state index contributed by atoms with van der Waals surface area (Å²) in [5.41, 5.74) is 2.76. The molecule has 6 heteroatoms. The molecule has 0 atom stereocenters. The Morgan fingerprint density at radius 2 is 1.77 bits per heavy atom. The van der Waals surface area contributed by atoms with E-state index in [1.54, 1.807) is 6.07 Å². The number of carbonyl (C=O) groups is 1. The number of fused-ring (bicyclic) bond motifs is 1. The summed E-state index contributed by atoms with van der Waals surface area (Å²) in [5, 5.41) is 0.900. The molecule has 0 bridgehead atoms. The highest BCUT2D eigenvalue weighted by Gasteiger charge is 2.51. The van der Waals surface area contributed by atoms with Crippen LogP contribution >= 0.6 is 0 Å². The van der Waals surface area contributed by atoms with Gasteiger partial charge in [-0.2, -0.15) is 0 Å². The molecule has 1 fully saturated rings. The van der Waals surface area contributed by atoms with Gasteiger partial charge in [0, 0.05) is 5.39 Å². The maximum atomic E-state index is 11.9. The highest BCUT2D eigenvalue weighted by molar-refractivity contribution is 6.62. The van der Waals surface area contributed by atoms with Gasteiger partial charge in [-0.05, 0) is 57.8 Å². The first kappa shape index (κ1) is 18.6. The van der Waals surface area contributed by atoms with Gasteiger partial charge in [0.1, 0.15) is 5.69 Å². The van der Waals surface area contributed by atoms with Crippen LogP contribution in [0.1, 0.15) is 50.7 Å². The van der Waals surface area contributed by atoms with Crippen LogP contribution in [0.25, 0.3) is 16.5 Å². The van der Waals surface area contributed by atoms with E-state index in [4.69, 9.17) is 14.0 Å². The number of allylic oxidation sites excluding steroid dienone is 1. The SMILES string of the molecule is C=C(C)c1cc(C(=O)OC)nc2ccc(B3OC(C)(C)C(C)(C)O3)cc12. The molecule has 0 saturated carbocycles. The summed E-state index contributed by atoms with van der Waals surface area (Å²) in [6.07, 6.45) is 0. The average Bonchev–Trinajstić information content (AvgIpc) is 2.80. The van der Waals surface area contributed by atoms with Gasteiger partial charge in [-0.25, -0.2) is 9.78 Å². The predicted molar refractivity (Wildman–Crippen MR) is 104 cm³/mol. The van der Waals surface area contributed by atoms with E-state index in [9.17, 15) is 4.79 Å². The molecule has 5 nitrogen and oxygen atoms in total. The number of pyridine rings is 1. The molecule has 0 amide bonds. The number of rotatable bonds is 3. The molecular formula is C20H24BNO4. The lowest BCUT2D eigenvalue weighted by Gasteiger charge is -2.32. The van der Waals surface area contributed by atoms with Crippen molar-refractivity contribution in [3.63, 3.8) is 0 Å². The first-order valence-corrected chi connectivity index (χ1v) is 8.60. The molecule has 1 aliphatic heterocycles. The predicted octanol–water partition coefficient (Wildman–Crippen LogP) is 3.35. The summed E-state index contributed by atoms with van der Waals surface area (Å²) in [5.74, 6) is -0.468. The van der Waals surface area contributed by atoms with Gasteiger partial charge in [0.15, 0.2) is 0 Å². The molecule has 3 rings (SSSR count). The number of methoxy groups -OCH3 is 1. The fraction of sp³-hybridized carbons (Fsp3) is 0.400. The van der Waals surface area contributed by atoms with E-state index >= 15 is 0 Å². The van der Waals surface area contributed by atoms with Gasteiger partial charge in [-0.3, -0.25) is 0 Å². The van der Waals surface area contributed by atoms with Crippen LogP contribution in [0, 0.1) is 0 Å². The quantitative estimate of drug-likeness (QED) is 0.626. The first-order valence-electron chi connectivity index (χ1n) is 8.60. The van der Waals surface area contributed by atoms with Gasteiger partial charge >= 0.3 is 13.1 Å². The van der Waals surface area contributed by atoms with Crippen LogP contribution < -0.4 is 5.46 Å². The number of nitrogens with zero attached hydrogens (tertiary/aromatic N) is 1. The fourth-order valence-electron chi connectivity index (χ4n) is 2.93. The van der Waals surface area contributed by atoms with Gasteiger partial charge in [0.05, 0.1) is 23.8 Å². The van der Waals surface area contributed by atoms with E-state index in [0.29, 0.717) is 5.52 Å². The molecule has 0 spiro atoms. The highest BCUT2D eigenvalue weighted by Crippen LogP contribution is 2.36. The van der Waals surface area contributed by atoms with Gasteiger partial charge in [0.25, 0.3) is 0 Å². The molecule has 0 N–H and O–H groups in total. The van der Waals surface area contributed by atoms with E-state index in [0.717, 1.165) is 22.0 Å². The van der Waals surface area contributed by atoms with E-state index in [1.807, 2.05) is 52.8 Å². The number of aromatic nitrogens is 1. The van der Waals surface area contributed by atoms with Crippen LogP contribution in [-0.2, 0) is 14.0 Å². The van der Waals surface area contributed by atoms with Crippen molar-refractivity contribution in [2.45, 2.75) is 45.8 Å². The van der Waals surface area contributed by atoms with Crippen LogP contribution in [0.4, 0.5) is 0 Å². The molecule has 136 valence electrons. The van der Waals surface area contributed by atoms with Crippen molar-refractivity contribution < 1.29 is 18.8 Å². The second kappa shape index (κ2) is 6.22. The van der Waals surface area contributed by atoms with Crippen molar-refractivity contribution in [3.05, 3.63) is 42.1 Å². The lowest BCUT2D eigenvalue weighted by molar-refractivity contribution is 0.00578. The Morgan fingerprint density at radius 1 is 1.15 bits per heavy atom. The fourth-order valence-corrected chi connectivity index (χ4v) is 2.93. The zero-order chi connectivity index (χ0) is 19.3. The van der Waals surface area contributed by atoms with E-state index in [1.165, 1.54) is 7.11 Å². The number of benzene rings is 1. The number of hydrogen-bond acceptors (Lipinski definition) is 5. The second-order valence-electron chi connectivity index (χ2n) is 7.69. The van der Waals surface area contributed by atoms with Crippen molar-refractivity contribution in [2.75, 3.05) is 7.11 Å². The summed E-state index contributed by atoms with van der Waals surface area (Å²) in [6.45, 7) is 14.0. The Balaban J connectivity index is 2.11. The van der Waals surface area contributed by atoms with Crippen LogP contribution in [0.3, 0.4) is 0 Å². The van der Waals surface area contributed by atoms with Crippen LogP contribution in [0.2, 0.25) is 0 Å². The minimum atomic E-state index is -0.468. The molecular weight excluding hydrogens is 329 g/mol. The molecule has 2 aromatic rings. The largest absolute Gasteiger partial charge is 0.494 e. The monoisotopic (exact) mass is 353 g/mol. The lowest BCUT2D eigenvalue weighted by Crippen LogP contribution is -2.41. The molecule has 0 unspecified atom stereocenters. The molecule has 0 aliphatic carbocycles. The third-order valence-corrected chi connectivity index (χ3v) is 5.21. The molecule has 26 heavy (non-hydrogen) atoms. The van der Waals surface area contributed by atoms with Crippen molar-refractivity contribution >= 4 is 35.0 Å². The third kappa shape index (κ3) is 3.04. The summed E-state index contributed by atoms with van der Waals surface area (Å²) in [4.78, 5) is 16.3. The summed E-state index contributed by atoms with van der Waals surface area (Å²) in [6, 6.07) is 7.50. The maximum Gasteiger partial charge on any atom is 0.494 e. The number of esters is 1. The molecule has 1 aromatic heterocycles. The summed E-state index contributed by atoms with van der Waals surface area (Å²) in [7, 11) is 0.887. The van der Waals surface area contributed by atoms with Crippen LogP contribution in [0.5, 0.6) is 0 Å². The topological polar surface area (TPSA) is 57.7 Å². The molecule has 1 aliphatic rings. The van der Waals surface area contributed by atoms with Crippen molar-refractivity contribution in [1.29, 1.82) is 0 Å². The Morgan fingerprint density at radius 3 is 2.31 bits per heavy atom. The Bertz CT molecular complexity index is 888. The van der Waals surface area contributed by atoms with Gasteiger partial charge < -0.3 is 14.0 Å².